The first-order valence-corrected chi connectivity index (χ1v) is 7.85. The van der Waals surface area contributed by atoms with E-state index in [1.54, 1.807) is 0 Å². The summed E-state index contributed by atoms with van der Waals surface area (Å²) in [5.74, 6) is -0.823. The molecule has 21 heavy (non-hydrogen) atoms. The first-order valence-electron chi connectivity index (χ1n) is 7.85. The van der Waals surface area contributed by atoms with E-state index >= 15 is 0 Å². The first-order chi connectivity index (χ1) is 9.58. The van der Waals surface area contributed by atoms with Gasteiger partial charge in [0.1, 0.15) is 0 Å². The molecule has 1 fully saturated rings. The third-order valence-corrected chi connectivity index (χ3v) is 4.27. The summed E-state index contributed by atoms with van der Waals surface area (Å²) in [7, 11) is 0. The van der Waals surface area contributed by atoms with Crippen LogP contribution in [0, 0.1) is 11.3 Å². The number of nitrogens with two attached hydrogens (primary N) is 1. The normalized spacial score (nSPS) is 19.6. The van der Waals surface area contributed by atoms with E-state index < -0.39 is 11.3 Å². The smallest absolute Gasteiger partial charge is 0.224 e. The minimum Gasteiger partial charge on any atom is -0.369 e. The highest BCUT2D eigenvalue weighted by Gasteiger charge is 2.48. The molecule has 0 saturated heterocycles. The van der Waals surface area contributed by atoms with Crippen LogP contribution in [0.4, 0.5) is 0 Å². The van der Waals surface area contributed by atoms with Gasteiger partial charge in [-0.05, 0) is 47.0 Å². The quantitative estimate of drug-likeness (QED) is 0.765. The van der Waals surface area contributed by atoms with Gasteiger partial charge >= 0.3 is 0 Å². The summed E-state index contributed by atoms with van der Waals surface area (Å²) in [6.45, 7) is 11.7. The third kappa shape index (κ3) is 4.58. The molecule has 0 aromatic rings. The number of hydrogen-bond acceptors (Lipinski definition) is 2. The van der Waals surface area contributed by atoms with Crippen molar-refractivity contribution in [3.05, 3.63) is 12.2 Å². The third-order valence-electron chi connectivity index (χ3n) is 4.27. The minimum absolute atomic E-state index is 0.0776. The van der Waals surface area contributed by atoms with Gasteiger partial charge in [0, 0.05) is 5.54 Å². The second kappa shape index (κ2) is 6.63. The minimum atomic E-state index is -0.716. The van der Waals surface area contributed by atoms with Gasteiger partial charge in [-0.15, -0.1) is 6.58 Å². The van der Waals surface area contributed by atoms with E-state index in [0.29, 0.717) is 19.3 Å². The molecule has 2 amide bonds. The molecule has 3 N–H and O–H groups in total. The highest BCUT2D eigenvalue weighted by atomic mass is 16.2. The van der Waals surface area contributed by atoms with E-state index in [0.717, 1.165) is 24.8 Å². The lowest BCUT2D eigenvalue weighted by Crippen LogP contribution is -2.53. The van der Waals surface area contributed by atoms with E-state index in [2.05, 4.69) is 11.9 Å². The molecular formula is C17H30N2O2. The summed E-state index contributed by atoms with van der Waals surface area (Å²) in [6.07, 6.45) is 4.95. The zero-order chi connectivity index (χ0) is 16.3. The average molecular weight is 294 g/mol. The second-order valence-corrected chi connectivity index (χ2v) is 7.53. The molecule has 0 spiro atoms. The zero-order valence-corrected chi connectivity index (χ0v) is 13.9. The van der Waals surface area contributed by atoms with E-state index in [1.807, 2.05) is 27.7 Å². The summed E-state index contributed by atoms with van der Waals surface area (Å²) in [5, 5.41) is 3.01. The Morgan fingerprint density at radius 1 is 1.24 bits per heavy atom. The maximum absolute atomic E-state index is 12.7. The van der Waals surface area contributed by atoms with E-state index in [9.17, 15) is 9.59 Å². The lowest BCUT2D eigenvalue weighted by molar-refractivity contribution is -0.143. The van der Waals surface area contributed by atoms with E-state index in [1.165, 1.54) is 0 Å². The van der Waals surface area contributed by atoms with Gasteiger partial charge in [-0.25, -0.2) is 0 Å². The molecule has 0 bridgehead atoms. The molecule has 1 aliphatic carbocycles. The number of rotatable bonds is 5. The van der Waals surface area contributed by atoms with Crippen LogP contribution in [0.2, 0.25) is 0 Å². The Labute approximate surface area is 128 Å². The maximum atomic E-state index is 12.7. The van der Waals surface area contributed by atoms with Gasteiger partial charge < -0.3 is 11.1 Å². The molecule has 1 saturated carbocycles. The van der Waals surface area contributed by atoms with Crippen molar-refractivity contribution in [3.8, 4) is 0 Å². The summed E-state index contributed by atoms with van der Waals surface area (Å²) < 4.78 is 0. The van der Waals surface area contributed by atoms with Crippen LogP contribution in [0.3, 0.4) is 0 Å². The largest absolute Gasteiger partial charge is 0.369 e. The predicted octanol–water partition coefficient (Wildman–Crippen LogP) is 2.92. The van der Waals surface area contributed by atoms with E-state index in [4.69, 9.17) is 5.73 Å². The predicted molar refractivity (Wildman–Crippen MR) is 85.5 cm³/mol. The van der Waals surface area contributed by atoms with Gasteiger partial charge in [0.05, 0.1) is 11.3 Å². The number of allylic oxidation sites excluding steroid dienone is 1. The lowest BCUT2D eigenvalue weighted by atomic mass is 9.63. The standard InChI is InChI=1S/C17H30N2O2/c1-12(2)11-13(14(20)19-16(3,4)5)17(15(18)21)9-7-6-8-10-17/h13H,1,6-11H2,2-5H3,(H2,18,21)(H,19,20)/t13-/m0/s1. The fourth-order valence-electron chi connectivity index (χ4n) is 3.29. The van der Waals surface area contributed by atoms with Gasteiger partial charge in [0.15, 0.2) is 0 Å². The summed E-state index contributed by atoms with van der Waals surface area (Å²) in [4.78, 5) is 24.9. The Kier molecular flexibility index (Phi) is 5.60. The number of nitrogens with one attached hydrogen (secondary N) is 1. The van der Waals surface area contributed by atoms with Crippen molar-refractivity contribution in [1.29, 1.82) is 0 Å². The molecule has 0 aliphatic heterocycles. The van der Waals surface area contributed by atoms with Crippen molar-refractivity contribution < 1.29 is 9.59 Å². The molecular weight excluding hydrogens is 264 g/mol. The Balaban J connectivity index is 3.11. The van der Waals surface area contributed by atoms with Gasteiger partial charge in [-0.1, -0.05) is 24.8 Å². The van der Waals surface area contributed by atoms with Crippen molar-refractivity contribution >= 4 is 11.8 Å². The Morgan fingerprint density at radius 2 is 1.76 bits per heavy atom. The zero-order valence-electron chi connectivity index (χ0n) is 13.9. The lowest BCUT2D eigenvalue weighted by Gasteiger charge is -2.41. The van der Waals surface area contributed by atoms with Gasteiger partial charge in [0.25, 0.3) is 0 Å². The van der Waals surface area contributed by atoms with Crippen LogP contribution in [0.25, 0.3) is 0 Å². The molecule has 1 atom stereocenters. The van der Waals surface area contributed by atoms with E-state index in [-0.39, 0.29) is 17.4 Å². The average Bonchev–Trinajstić information content (AvgIpc) is 2.34. The van der Waals surface area contributed by atoms with Crippen LogP contribution in [0.15, 0.2) is 12.2 Å². The SMILES string of the molecule is C=C(C)C[C@@H](C(=O)NC(C)(C)C)C1(C(N)=O)CCCCC1. The maximum Gasteiger partial charge on any atom is 0.224 e. The Morgan fingerprint density at radius 3 is 2.14 bits per heavy atom. The van der Waals surface area contributed by atoms with Crippen LogP contribution in [-0.2, 0) is 9.59 Å². The van der Waals surface area contributed by atoms with Crippen LogP contribution in [0.5, 0.6) is 0 Å². The molecule has 0 unspecified atom stereocenters. The van der Waals surface area contributed by atoms with Gasteiger partial charge in [0.2, 0.25) is 11.8 Å². The molecule has 0 aromatic carbocycles. The van der Waals surface area contributed by atoms with Gasteiger partial charge in [-0.3, -0.25) is 9.59 Å². The van der Waals surface area contributed by atoms with Crippen molar-refractivity contribution in [2.75, 3.05) is 0 Å². The van der Waals surface area contributed by atoms with Crippen LogP contribution >= 0.6 is 0 Å². The molecule has 4 nitrogen and oxygen atoms in total. The monoisotopic (exact) mass is 294 g/mol. The first kappa shape index (κ1) is 17.7. The van der Waals surface area contributed by atoms with Crippen molar-refractivity contribution in [3.63, 3.8) is 0 Å². The van der Waals surface area contributed by atoms with Crippen molar-refractivity contribution in [2.45, 2.75) is 71.8 Å². The molecule has 120 valence electrons. The van der Waals surface area contributed by atoms with Gasteiger partial charge in [-0.2, -0.15) is 0 Å². The molecule has 1 aliphatic rings. The molecule has 0 heterocycles. The summed E-state index contributed by atoms with van der Waals surface area (Å²) in [5.41, 5.74) is 5.61. The highest BCUT2D eigenvalue weighted by molar-refractivity contribution is 5.90. The fourth-order valence-corrected chi connectivity index (χ4v) is 3.29. The molecule has 0 radical (unpaired) electrons. The highest BCUT2D eigenvalue weighted by Crippen LogP contribution is 2.45. The summed E-state index contributed by atoms with van der Waals surface area (Å²) >= 11 is 0. The van der Waals surface area contributed by atoms with Crippen molar-refractivity contribution in [1.82, 2.24) is 5.32 Å². The van der Waals surface area contributed by atoms with Crippen LogP contribution in [-0.4, -0.2) is 17.4 Å². The molecule has 0 aromatic heterocycles. The summed E-state index contributed by atoms with van der Waals surface area (Å²) in [6, 6.07) is 0. The fraction of sp³-hybridized carbons (Fsp3) is 0.765. The number of carbonyl (C=O) groups excluding carboxylic acids is 2. The number of amides is 2. The Hall–Kier alpha value is -1.32. The molecule has 4 heteroatoms. The number of hydrogen-bond donors (Lipinski definition) is 2. The van der Waals surface area contributed by atoms with Crippen LogP contribution in [0.1, 0.15) is 66.2 Å². The molecule has 1 rings (SSSR count). The van der Waals surface area contributed by atoms with Crippen LogP contribution < -0.4 is 11.1 Å². The Bertz CT molecular complexity index is 415. The van der Waals surface area contributed by atoms with Crippen molar-refractivity contribution in [2.24, 2.45) is 17.1 Å². The topological polar surface area (TPSA) is 72.2 Å². The second-order valence-electron chi connectivity index (χ2n) is 7.53. The number of carbonyl (C=O) groups is 2. The number of primary amides is 1.